The topological polar surface area (TPSA) is 12.0 Å². The highest BCUT2D eigenvalue weighted by Gasteiger charge is 2.26. The molecule has 1 nitrogen and oxygen atoms in total. The highest BCUT2D eigenvalue weighted by Crippen LogP contribution is 2.27. The van der Waals surface area contributed by atoms with E-state index in [1.807, 2.05) is 0 Å². The molecule has 0 amide bonds. The first-order valence-electron chi connectivity index (χ1n) is 5.62. The summed E-state index contributed by atoms with van der Waals surface area (Å²) in [6, 6.07) is 1.74. The van der Waals surface area contributed by atoms with Gasteiger partial charge in [-0.3, -0.25) is 0 Å². The van der Waals surface area contributed by atoms with Gasteiger partial charge in [-0.1, -0.05) is 26.2 Å². The summed E-state index contributed by atoms with van der Waals surface area (Å²) in [6.07, 6.45) is 10.1. The fraction of sp³-hybridized carbons (Fsp3) is 1.00. The standard InChI is InChI=1S/C11H21N/c1-9-5-2-3-8-11(9)12-10-6-4-7-10/h9-12H,2-8H2,1H3/t9-,11+/m0/s1. The fourth-order valence-electron chi connectivity index (χ4n) is 2.44. The monoisotopic (exact) mass is 167 g/mol. The van der Waals surface area contributed by atoms with Gasteiger partial charge < -0.3 is 5.32 Å². The van der Waals surface area contributed by atoms with Crippen molar-refractivity contribution in [2.45, 2.75) is 64.0 Å². The molecule has 0 aromatic carbocycles. The van der Waals surface area contributed by atoms with Crippen LogP contribution in [0.5, 0.6) is 0 Å². The van der Waals surface area contributed by atoms with Crippen molar-refractivity contribution in [2.75, 3.05) is 0 Å². The Morgan fingerprint density at radius 1 is 0.917 bits per heavy atom. The zero-order chi connectivity index (χ0) is 8.39. The minimum Gasteiger partial charge on any atom is -0.311 e. The van der Waals surface area contributed by atoms with Crippen LogP contribution in [0.25, 0.3) is 0 Å². The van der Waals surface area contributed by atoms with Crippen LogP contribution in [0, 0.1) is 5.92 Å². The van der Waals surface area contributed by atoms with Crippen LogP contribution in [0.15, 0.2) is 0 Å². The van der Waals surface area contributed by atoms with E-state index in [2.05, 4.69) is 12.2 Å². The van der Waals surface area contributed by atoms with Gasteiger partial charge in [-0.2, -0.15) is 0 Å². The molecule has 0 bridgehead atoms. The first kappa shape index (κ1) is 8.55. The predicted octanol–water partition coefficient (Wildman–Crippen LogP) is 2.71. The van der Waals surface area contributed by atoms with Crippen LogP contribution in [0.2, 0.25) is 0 Å². The Labute approximate surface area is 75.9 Å². The molecule has 0 heterocycles. The molecule has 2 fully saturated rings. The molecule has 70 valence electrons. The van der Waals surface area contributed by atoms with Crippen molar-refractivity contribution in [3.05, 3.63) is 0 Å². The van der Waals surface area contributed by atoms with Gasteiger partial charge in [0.2, 0.25) is 0 Å². The van der Waals surface area contributed by atoms with E-state index in [4.69, 9.17) is 0 Å². The maximum atomic E-state index is 3.81. The first-order chi connectivity index (χ1) is 5.86. The van der Waals surface area contributed by atoms with Crippen LogP contribution in [0.4, 0.5) is 0 Å². The number of rotatable bonds is 2. The molecule has 2 aliphatic rings. The van der Waals surface area contributed by atoms with Gasteiger partial charge in [0.05, 0.1) is 0 Å². The lowest BCUT2D eigenvalue weighted by Gasteiger charge is -2.36. The van der Waals surface area contributed by atoms with Crippen molar-refractivity contribution in [3.8, 4) is 0 Å². The van der Waals surface area contributed by atoms with Crippen molar-refractivity contribution in [3.63, 3.8) is 0 Å². The van der Waals surface area contributed by atoms with E-state index in [0.717, 1.165) is 18.0 Å². The summed E-state index contributed by atoms with van der Waals surface area (Å²) >= 11 is 0. The van der Waals surface area contributed by atoms with E-state index < -0.39 is 0 Å². The van der Waals surface area contributed by atoms with Crippen LogP contribution >= 0.6 is 0 Å². The lowest BCUT2D eigenvalue weighted by Crippen LogP contribution is -2.46. The van der Waals surface area contributed by atoms with Gasteiger partial charge in [0, 0.05) is 12.1 Å². The Kier molecular flexibility index (Phi) is 2.69. The van der Waals surface area contributed by atoms with Crippen molar-refractivity contribution < 1.29 is 0 Å². The average Bonchev–Trinajstić information content (AvgIpc) is 2.00. The van der Waals surface area contributed by atoms with Crippen LogP contribution < -0.4 is 5.32 Å². The van der Waals surface area contributed by atoms with Gasteiger partial charge in [-0.15, -0.1) is 0 Å². The zero-order valence-corrected chi connectivity index (χ0v) is 8.18. The quantitative estimate of drug-likeness (QED) is 0.667. The molecule has 0 saturated heterocycles. The molecule has 2 rings (SSSR count). The summed E-state index contributed by atoms with van der Waals surface area (Å²) in [5.74, 6) is 0.930. The lowest BCUT2D eigenvalue weighted by atomic mass is 9.83. The van der Waals surface area contributed by atoms with E-state index in [-0.39, 0.29) is 0 Å². The molecule has 2 atom stereocenters. The highest BCUT2D eigenvalue weighted by molar-refractivity contribution is 4.85. The Hall–Kier alpha value is -0.0400. The third-order valence-corrected chi connectivity index (χ3v) is 3.67. The lowest BCUT2D eigenvalue weighted by molar-refractivity contribution is 0.218. The normalized spacial score (nSPS) is 37.8. The van der Waals surface area contributed by atoms with Gasteiger partial charge in [0.1, 0.15) is 0 Å². The Morgan fingerprint density at radius 3 is 2.25 bits per heavy atom. The highest BCUT2D eigenvalue weighted by atomic mass is 15.0. The van der Waals surface area contributed by atoms with Gasteiger partial charge in [-0.05, 0) is 31.6 Å². The Morgan fingerprint density at radius 2 is 1.67 bits per heavy atom. The first-order valence-corrected chi connectivity index (χ1v) is 5.62. The minimum atomic E-state index is 0.851. The van der Waals surface area contributed by atoms with Gasteiger partial charge >= 0.3 is 0 Å². The molecule has 0 radical (unpaired) electrons. The smallest absolute Gasteiger partial charge is 0.00952 e. The maximum absolute atomic E-state index is 3.81. The van der Waals surface area contributed by atoms with Crippen LogP contribution in [-0.4, -0.2) is 12.1 Å². The molecule has 12 heavy (non-hydrogen) atoms. The molecule has 2 aliphatic carbocycles. The summed E-state index contributed by atoms with van der Waals surface area (Å²) < 4.78 is 0. The summed E-state index contributed by atoms with van der Waals surface area (Å²) in [5.41, 5.74) is 0. The molecule has 0 spiro atoms. The molecule has 2 saturated carbocycles. The van der Waals surface area contributed by atoms with Gasteiger partial charge in [-0.25, -0.2) is 0 Å². The van der Waals surface area contributed by atoms with E-state index >= 15 is 0 Å². The van der Waals surface area contributed by atoms with E-state index in [1.54, 1.807) is 0 Å². The molecule has 0 aromatic rings. The SMILES string of the molecule is C[C@H]1CCCC[C@H]1NC1CCC1. The van der Waals surface area contributed by atoms with Crippen molar-refractivity contribution in [1.29, 1.82) is 0 Å². The van der Waals surface area contributed by atoms with Gasteiger partial charge in [0.15, 0.2) is 0 Å². The van der Waals surface area contributed by atoms with Crippen LogP contribution in [-0.2, 0) is 0 Å². The summed E-state index contributed by atoms with van der Waals surface area (Å²) in [6.45, 7) is 2.41. The summed E-state index contributed by atoms with van der Waals surface area (Å²) in [4.78, 5) is 0. The maximum Gasteiger partial charge on any atom is 0.00952 e. The van der Waals surface area contributed by atoms with E-state index in [1.165, 1.54) is 44.9 Å². The second-order valence-electron chi connectivity index (χ2n) is 4.66. The van der Waals surface area contributed by atoms with Crippen molar-refractivity contribution >= 4 is 0 Å². The average molecular weight is 167 g/mol. The molecular weight excluding hydrogens is 146 g/mol. The van der Waals surface area contributed by atoms with Crippen molar-refractivity contribution in [2.24, 2.45) is 5.92 Å². The zero-order valence-electron chi connectivity index (χ0n) is 8.18. The predicted molar refractivity (Wildman–Crippen MR) is 52.2 cm³/mol. The Balaban J connectivity index is 1.76. The fourth-order valence-corrected chi connectivity index (χ4v) is 2.44. The van der Waals surface area contributed by atoms with Crippen molar-refractivity contribution in [1.82, 2.24) is 5.32 Å². The molecule has 1 N–H and O–H groups in total. The number of nitrogens with one attached hydrogen (secondary N) is 1. The number of hydrogen-bond acceptors (Lipinski definition) is 1. The molecule has 0 unspecified atom stereocenters. The second-order valence-corrected chi connectivity index (χ2v) is 4.66. The van der Waals surface area contributed by atoms with E-state index in [9.17, 15) is 0 Å². The van der Waals surface area contributed by atoms with E-state index in [0.29, 0.717) is 0 Å². The number of hydrogen-bond donors (Lipinski definition) is 1. The molecule has 1 heteroatoms. The van der Waals surface area contributed by atoms with Crippen LogP contribution in [0.3, 0.4) is 0 Å². The Bertz CT molecular complexity index is 140. The second kappa shape index (κ2) is 3.78. The molecular formula is C11H21N. The van der Waals surface area contributed by atoms with Crippen LogP contribution in [0.1, 0.15) is 51.9 Å². The third kappa shape index (κ3) is 1.82. The van der Waals surface area contributed by atoms with Gasteiger partial charge in [0.25, 0.3) is 0 Å². The molecule has 0 aromatic heterocycles. The third-order valence-electron chi connectivity index (χ3n) is 3.67. The molecule has 0 aliphatic heterocycles. The summed E-state index contributed by atoms with van der Waals surface area (Å²) in [7, 11) is 0. The largest absolute Gasteiger partial charge is 0.311 e. The summed E-state index contributed by atoms with van der Waals surface area (Å²) in [5, 5.41) is 3.81. The minimum absolute atomic E-state index is 0.851.